The van der Waals surface area contributed by atoms with Crippen LogP contribution in [-0.2, 0) is 17.8 Å². The van der Waals surface area contributed by atoms with E-state index in [-0.39, 0.29) is 30.6 Å². The lowest BCUT2D eigenvalue weighted by Crippen LogP contribution is -2.24. The smallest absolute Gasteiger partial charge is 0.257 e. The summed E-state index contributed by atoms with van der Waals surface area (Å²) in [4.78, 5) is 28.4. The van der Waals surface area contributed by atoms with Crippen LogP contribution in [0.4, 0.5) is 10.1 Å². The summed E-state index contributed by atoms with van der Waals surface area (Å²) in [5.41, 5.74) is 2.36. The van der Waals surface area contributed by atoms with Crippen molar-refractivity contribution in [2.75, 3.05) is 5.32 Å². The minimum Gasteiger partial charge on any atom is -0.352 e. The first-order valence-electron chi connectivity index (χ1n) is 8.93. The number of nitrogens with zero attached hydrogens (tertiary/aromatic N) is 1. The van der Waals surface area contributed by atoms with Crippen molar-refractivity contribution in [3.63, 3.8) is 0 Å². The Hall–Kier alpha value is -3.54. The molecular weight excluding hydrogens is 357 g/mol. The average Bonchev–Trinajstić information content (AvgIpc) is 2.73. The number of nitrogens with one attached hydrogen (secondary N) is 2. The Bertz CT molecular complexity index is 961. The monoisotopic (exact) mass is 377 g/mol. The summed E-state index contributed by atoms with van der Waals surface area (Å²) in [6.07, 6.45) is 3.60. The zero-order valence-corrected chi connectivity index (χ0v) is 15.2. The van der Waals surface area contributed by atoms with E-state index in [2.05, 4.69) is 15.6 Å². The van der Waals surface area contributed by atoms with E-state index in [4.69, 9.17) is 0 Å². The van der Waals surface area contributed by atoms with E-state index in [1.54, 1.807) is 42.6 Å². The predicted molar refractivity (Wildman–Crippen MR) is 105 cm³/mol. The van der Waals surface area contributed by atoms with Crippen molar-refractivity contribution in [3.05, 3.63) is 95.6 Å². The van der Waals surface area contributed by atoms with Gasteiger partial charge in [-0.1, -0.05) is 36.4 Å². The average molecular weight is 377 g/mol. The molecule has 1 aromatic heterocycles. The lowest BCUT2D eigenvalue weighted by Gasteiger charge is -2.12. The number of aromatic nitrogens is 1. The number of hydrogen-bond acceptors (Lipinski definition) is 3. The van der Waals surface area contributed by atoms with Gasteiger partial charge in [0.2, 0.25) is 5.91 Å². The third-order valence-electron chi connectivity index (χ3n) is 4.24. The molecule has 1 heterocycles. The number of halogens is 1. The molecule has 2 amide bonds. The van der Waals surface area contributed by atoms with Gasteiger partial charge in [-0.05, 0) is 41.8 Å². The second-order valence-corrected chi connectivity index (χ2v) is 6.22. The maximum absolute atomic E-state index is 13.6. The molecule has 28 heavy (non-hydrogen) atoms. The maximum Gasteiger partial charge on any atom is 0.257 e. The molecule has 3 rings (SSSR count). The summed E-state index contributed by atoms with van der Waals surface area (Å²) in [6, 6.07) is 17.0. The van der Waals surface area contributed by atoms with E-state index < -0.39 is 0 Å². The lowest BCUT2D eigenvalue weighted by molar-refractivity contribution is -0.121. The Morgan fingerprint density at radius 3 is 2.43 bits per heavy atom. The molecule has 5 nitrogen and oxygen atoms in total. The number of rotatable bonds is 7. The van der Waals surface area contributed by atoms with Gasteiger partial charge in [-0.2, -0.15) is 0 Å². The van der Waals surface area contributed by atoms with Gasteiger partial charge in [0.1, 0.15) is 5.82 Å². The number of amides is 2. The Morgan fingerprint density at radius 2 is 1.68 bits per heavy atom. The number of pyridine rings is 1. The zero-order chi connectivity index (χ0) is 19.8. The molecule has 0 radical (unpaired) electrons. The van der Waals surface area contributed by atoms with E-state index >= 15 is 0 Å². The first kappa shape index (κ1) is 19.2. The molecular formula is C22H20FN3O2. The van der Waals surface area contributed by atoms with E-state index in [1.165, 1.54) is 12.3 Å². The standard InChI is InChI=1S/C22H20FN3O2/c23-19-9-3-1-6-16(19)11-12-21(27)25-15-17-7-2-4-10-20(17)26-22(28)18-8-5-13-24-14-18/h1-10,13-14H,11-12,15H2,(H,25,27)(H,26,28). The molecule has 142 valence electrons. The van der Waals surface area contributed by atoms with Crippen LogP contribution >= 0.6 is 0 Å². The van der Waals surface area contributed by atoms with Gasteiger partial charge in [0, 0.05) is 31.0 Å². The van der Waals surface area contributed by atoms with Crippen LogP contribution in [0.1, 0.15) is 27.9 Å². The molecule has 0 bridgehead atoms. The molecule has 2 N–H and O–H groups in total. The minimum atomic E-state index is -0.307. The van der Waals surface area contributed by atoms with Gasteiger partial charge in [0.15, 0.2) is 0 Å². The summed E-state index contributed by atoms with van der Waals surface area (Å²) in [6.45, 7) is 0.263. The third kappa shape index (κ3) is 5.23. The van der Waals surface area contributed by atoms with Crippen molar-refractivity contribution in [2.24, 2.45) is 0 Å². The number of carbonyl (C=O) groups is 2. The van der Waals surface area contributed by atoms with E-state index in [0.29, 0.717) is 23.2 Å². The van der Waals surface area contributed by atoms with Crippen LogP contribution in [0, 0.1) is 5.82 Å². The van der Waals surface area contributed by atoms with E-state index in [0.717, 1.165) is 5.56 Å². The fourth-order valence-electron chi connectivity index (χ4n) is 2.72. The highest BCUT2D eigenvalue weighted by Crippen LogP contribution is 2.16. The number of benzene rings is 2. The Balaban J connectivity index is 1.56. The van der Waals surface area contributed by atoms with Gasteiger partial charge in [0.05, 0.1) is 5.56 Å². The van der Waals surface area contributed by atoms with Crippen molar-refractivity contribution in [2.45, 2.75) is 19.4 Å². The van der Waals surface area contributed by atoms with Crippen molar-refractivity contribution in [1.29, 1.82) is 0 Å². The molecule has 0 fully saturated rings. The normalized spacial score (nSPS) is 10.3. The summed E-state index contributed by atoms with van der Waals surface area (Å²) < 4.78 is 13.6. The SMILES string of the molecule is O=C(CCc1ccccc1F)NCc1ccccc1NC(=O)c1cccnc1. The molecule has 2 aromatic carbocycles. The number of hydrogen-bond donors (Lipinski definition) is 2. The second-order valence-electron chi connectivity index (χ2n) is 6.22. The minimum absolute atomic E-state index is 0.184. The number of para-hydroxylation sites is 1. The van der Waals surface area contributed by atoms with Gasteiger partial charge in [-0.3, -0.25) is 14.6 Å². The molecule has 0 aliphatic heterocycles. The molecule has 0 spiro atoms. The summed E-state index contributed by atoms with van der Waals surface area (Å²) in [5.74, 6) is -0.762. The summed E-state index contributed by atoms with van der Waals surface area (Å²) in [5, 5.41) is 5.65. The second kappa shape index (κ2) is 9.41. The number of aryl methyl sites for hydroxylation is 1. The fraction of sp³-hybridized carbons (Fsp3) is 0.136. The van der Waals surface area contributed by atoms with Gasteiger partial charge in [0.25, 0.3) is 5.91 Å². The quantitative estimate of drug-likeness (QED) is 0.659. The molecule has 0 saturated carbocycles. The lowest BCUT2D eigenvalue weighted by atomic mass is 10.1. The van der Waals surface area contributed by atoms with Crippen molar-refractivity contribution in [1.82, 2.24) is 10.3 Å². The highest BCUT2D eigenvalue weighted by atomic mass is 19.1. The van der Waals surface area contributed by atoms with Crippen LogP contribution in [0.15, 0.2) is 73.1 Å². The highest BCUT2D eigenvalue weighted by Gasteiger charge is 2.10. The van der Waals surface area contributed by atoms with Gasteiger partial charge in [-0.25, -0.2) is 4.39 Å². The van der Waals surface area contributed by atoms with Crippen molar-refractivity contribution in [3.8, 4) is 0 Å². The molecule has 0 saturated heterocycles. The molecule has 3 aromatic rings. The largest absolute Gasteiger partial charge is 0.352 e. The first-order valence-corrected chi connectivity index (χ1v) is 8.93. The van der Waals surface area contributed by atoms with Gasteiger partial charge in [-0.15, -0.1) is 0 Å². The van der Waals surface area contributed by atoms with Gasteiger partial charge < -0.3 is 10.6 Å². The summed E-state index contributed by atoms with van der Waals surface area (Å²) >= 11 is 0. The van der Waals surface area contributed by atoms with Crippen LogP contribution in [0.25, 0.3) is 0 Å². The summed E-state index contributed by atoms with van der Waals surface area (Å²) in [7, 11) is 0. The highest BCUT2D eigenvalue weighted by molar-refractivity contribution is 6.04. The first-order chi connectivity index (χ1) is 13.6. The Morgan fingerprint density at radius 1 is 0.929 bits per heavy atom. The fourth-order valence-corrected chi connectivity index (χ4v) is 2.72. The zero-order valence-electron chi connectivity index (χ0n) is 15.2. The molecule has 6 heteroatoms. The number of anilines is 1. The van der Waals surface area contributed by atoms with E-state index in [9.17, 15) is 14.0 Å². The Kier molecular flexibility index (Phi) is 6.46. The van der Waals surface area contributed by atoms with Crippen LogP contribution in [0.2, 0.25) is 0 Å². The molecule has 0 aliphatic carbocycles. The van der Waals surface area contributed by atoms with E-state index in [1.807, 2.05) is 18.2 Å². The van der Waals surface area contributed by atoms with Crippen molar-refractivity contribution >= 4 is 17.5 Å². The predicted octanol–water partition coefficient (Wildman–Crippen LogP) is 3.72. The Labute approximate surface area is 162 Å². The maximum atomic E-state index is 13.6. The molecule has 0 aliphatic rings. The van der Waals surface area contributed by atoms with Gasteiger partial charge >= 0.3 is 0 Å². The third-order valence-corrected chi connectivity index (χ3v) is 4.24. The van der Waals surface area contributed by atoms with Crippen LogP contribution in [-0.4, -0.2) is 16.8 Å². The van der Waals surface area contributed by atoms with Crippen LogP contribution < -0.4 is 10.6 Å². The molecule has 0 unspecified atom stereocenters. The van der Waals surface area contributed by atoms with Crippen LogP contribution in [0.3, 0.4) is 0 Å². The van der Waals surface area contributed by atoms with Crippen molar-refractivity contribution < 1.29 is 14.0 Å². The molecule has 0 atom stereocenters. The number of carbonyl (C=O) groups excluding carboxylic acids is 2. The topological polar surface area (TPSA) is 71.1 Å². The van der Waals surface area contributed by atoms with Crippen LogP contribution in [0.5, 0.6) is 0 Å².